The number of aromatic amines is 1. The second kappa shape index (κ2) is 9.69. The van der Waals surface area contributed by atoms with Crippen LogP contribution < -0.4 is 4.74 Å². The summed E-state index contributed by atoms with van der Waals surface area (Å²) in [4.78, 5) is 15.2. The second-order valence-electron chi connectivity index (χ2n) is 8.87. The number of aromatic hydroxyl groups is 1. The summed E-state index contributed by atoms with van der Waals surface area (Å²) in [5, 5.41) is 18.3. The Labute approximate surface area is 195 Å². The normalized spacial score (nSPS) is 15.2. The van der Waals surface area contributed by atoms with Crippen molar-refractivity contribution >= 4 is 5.91 Å². The second-order valence-corrected chi connectivity index (χ2v) is 8.87. The van der Waals surface area contributed by atoms with Gasteiger partial charge in [-0.1, -0.05) is 44.9 Å². The number of fused-ring (bicyclic) bond motifs is 1. The molecule has 0 bridgehead atoms. The molecule has 0 saturated carbocycles. The van der Waals surface area contributed by atoms with Gasteiger partial charge in [-0.3, -0.25) is 9.89 Å². The number of unbranched alkanes of at least 4 members (excludes halogenated alkanes) is 2. The van der Waals surface area contributed by atoms with Crippen molar-refractivity contribution in [2.75, 3.05) is 13.2 Å². The Morgan fingerprint density at radius 2 is 1.94 bits per heavy atom. The summed E-state index contributed by atoms with van der Waals surface area (Å²) in [5.74, 6) is 0.942. The van der Waals surface area contributed by atoms with Crippen LogP contribution in [0, 0.1) is 13.8 Å². The molecule has 174 valence electrons. The van der Waals surface area contributed by atoms with Crippen molar-refractivity contribution in [2.24, 2.45) is 0 Å². The number of nitrogens with one attached hydrogen (secondary N) is 1. The van der Waals surface area contributed by atoms with Crippen LogP contribution in [0.2, 0.25) is 0 Å². The minimum absolute atomic E-state index is 0.0614. The largest absolute Gasteiger partial charge is 0.507 e. The maximum Gasteiger partial charge on any atom is 0.273 e. The van der Waals surface area contributed by atoms with Crippen LogP contribution in [0.15, 0.2) is 36.4 Å². The molecule has 0 spiro atoms. The highest BCUT2D eigenvalue weighted by atomic mass is 16.5. The van der Waals surface area contributed by atoms with Gasteiger partial charge in [-0.25, -0.2) is 0 Å². The highest BCUT2D eigenvalue weighted by Gasteiger charge is 2.42. The number of amides is 1. The predicted octanol–water partition coefficient (Wildman–Crippen LogP) is 5.92. The number of phenolic OH excluding ortho intramolecular Hbond substituents is 1. The van der Waals surface area contributed by atoms with Gasteiger partial charge in [0.15, 0.2) is 0 Å². The third kappa shape index (κ3) is 4.34. The first-order chi connectivity index (χ1) is 16.0. The van der Waals surface area contributed by atoms with Gasteiger partial charge in [0.25, 0.3) is 5.91 Å². The number of H-pyrrole nitrogens is 1. The van der Waals surface area contributed by atoms with Crippen LogP contribution in [-0.2, 0) is 0 Å². The summed E-state index contributed by atoms with van der Waals surface area (Å²) in [5.41, 5.74) is 5.39. The predicted molar refractivity (Wildman–Crippen MR) is 130 cm³/mol. The molecule has 2 heterocycles. The zero-order valence-electron chi connectivity index (χ0n) is 19.9. The van der Waals surface area contributed by atoms with E-state index in [4.69, 9.17) is 4.74 Å². The highest BCUT2D eigenvalue weighted by molar-refractivity contribution is 6.00. The average molecular weight is 448 g/mol. The third-order valence-corrected chi connectivity index (χ3v) is 6.22. The van der Waals surface area contributed by atoms with E-state index in [0.29, 0.717) is 30.1 Å². The first-order valence-corrected chi connectivity index (χ1v) is 11.9. The lowest BCUT2D eigenvalue weighted by molar-refractivity contribution is 0.0743. The molecule has 2 N–H and O–H groups in total. The maximum absolute atomic E-state index is 13.3. The van der Waals surface area contributed by atoms with Crippen LogP contribution >= 0.6 is 0 Å². The van der Waals surface area contributed by atoms with Crippen molar-refractivity contribution in [1.29, 1.82) is 0 Å². The lowest BCUT2D eigenvalue weighted by atomic mass is 9.94. The molecule has 1 amide bonds. The monoisotopic (exact) mass is 447 g/mol. The molecule has 6 heteroatoms. The lowest BCUT2D eigenvalue weighted by Gasteiger charge is -2.26. The SMILES string of the molecule is CCCCCOc1cccc(C2c3c(-c4cc(C)cc(C)c4O)n[nH]c3C(=O)N2CCC)c1. The first-order valence-electron chi connectivity index (χ1n) is 11.9. The van der Waals surface area contributed by atoms with E-state index >= 15 is 0 Å². The minimum Gasteiger partial charge on any atom is -0.507 e. The van der Waals surface area contributed by atoms with E-state index in [9.17, 15) is 9.90 Å². The molecule has 0 fully saturated rings. The molecule has 6 nitrogen and oxygen atoms in total. The Morgan fingerprint density at radius 1 is 1.12 bits per heavy atom. The first kappa shape index (κ1) is 22.9. The van der Waals surface area contributed by atoms with E-state index in [1.54, 1.807) is 0 Å². The molecular weight excluding hydrogens is 414 g/mol. The fraction of sp³-hybridized carbons (Fsp3) is 0.407. The molecule has 0 saturated heterocycles. The Balaban J connectivity index is 1.79. The quantitative estimate of drug-likeness (QED) is 0.399. The fourth-order valence-corrected chi connectivity index (χ4v) is 4.68. The van der Waals surface area contributed by atoms with Gasteiger partial charge in [0.2, 0.25) is 0 Å². The number of phenols is 1. The number of hydrogen-bond donors (Lipinski definition) is 2. The molecule has 0 aliphatic carbocycles. The number of benzene rings is 2. The van der Waals surface area contributed by atoms with Crippen molar-refractivity contribution in [2.45, 2.75) is 59.4 Å². The van der Waals surface area contributed by atoms with Crippen LogP contribution in [0.5, 0.6) is 11.5 Å². The molecule has 2 aromatic carbocycles. The number of carbonyl (C=O) groups is 1. The van der Waals surface area contributed by atoms with Crippen LogP contribution in [0.25, 0.3) is 11.3 Å². The number of aromatic nitrogens is 2. The van der Waals surface area contributed by atoms with Gasteiger partial charge in [-0.2, -0.15) is 5.10 Å². The topological polar surface area (TPSA) is 78.5 Å². The van der Waals surface area contributed by atoms with Crippen LogP contribution in [0.1, 0.15) is 78.3 Å². The number of hydrogen-bond acceptors (Lipinski definition) is 4. The van der Waals surface area contributed by atoms with Crippen LogP contribution in [-0.4, -0.2) is 39.3 Å². The van der Waals surface area contributed by atoms with E-state index in [-0.39, 0.29) is 17.7 Å². The number of carbonyl (C=O) groups excluding carboxylic acids is 1. The summed E-state index contributed by atoms with van der Waals surface area (Å²) in [6.45, 7) is 9.43. The van der Waals surface area contributed by atoms with Gasteiger partial charge < -0.3 is 14.7 Å². The molecule has 1 aromatic heterocycles. The van der Waals surface area contributed by atoms with Gasteiger partial charge in [-0.05, 0) is 61.6 Å². The summed E-state index contributed by atoms with van der Waals surface area (Å²) in [7, 11) is 0. The summed E-state index contributed by atoms with van der Waals surface area (Å²) in [6.07, 6.45) is 4.16. The fourth-order valence-electron chi connectivity index (χ4n) is 4.68. The minimum atomic E-state index is -0.291. The van der Waals surface area contributed by atoms with E-state index in [0.717, 1.165) is 53.7 Å². The van der Waals surface area contributed by atoms with E-state index in [2.05, 4.69) is 24.0 Å². The smallest absolute Gasteiger partial charge is 0.273 e. The van der Waals surface area contributed by atoms with Crippen molar-refractivity contribution < 1.29 is 14.6 Å². The third-order valence-electron chi connectivity index (χ3n) is 6.22. The molecule has 3 aromatic rings. The lowest BCUT2D eigenvalue weighted by Crippen LogP contribution is -2.30. The van der Waals surface area contributed by atoms with Crippen molar-refractivity contribution in [3.63, 3.8) is 0 Å². The zero-order chi connectivity index (χ0) is 23.5. The molecule has 33 heavy (non-hydrogen) atoms. The van der Waals surface area contributed by atoms with Gasteiger partial charge in [0.1, 0.15) is 22.9 Å². The Morgan fingerprint density at radius 3 is 2.70 bits per heavy atom. The van der Waals surface area contributed by atoms with Gasteiger partial charge in [0.05, 0.1) is 12.6 Å². The molecule has 1 atom stereocenters. The molecule has 1 aliphatic heterocycles. The van der Waals surface area contributed by atoms with Gasteiger partial charge in [-0.15, -0.1) is 0 Å². The summed E-state index contributed by atoms with van der Waals surface area (Å²) < 4.78 is 6.00. The van der Waals surface area contributed by atoms with Gasteiger partial charge in [0, 0.05) is 17.7 Å². The average Bonchev–Trinajstić information content (AvgIpc) is 3.33. The molecule has 1 unspecified atom stereocenters. The standard InChI is InChI=1S/C27H33N3O3/c1-5-7-8-13-33-20-11-9-10-19(16-20)25-22-23(21-15-17(3)14-18(4)26(21)31)28-29-24(22)27(32)30(25)12-6-2/h9-11,14-16,25,31H,5-8,12-13H2,1-4H3,(H,28,29). The molecule has 0 radical (unpaired) electrons. The number of nitrogens with zero attached hydrogens (tertiary/aromatic N) is 2. The Bertz CT molecular complexity index is 1150. The Hall–Kier alpha value is -3.28. The number of ether oxygens (including phenoxy) is 1. The van der Waals surface area contributed by atoms with Gasteiger partial charge >= 0.3 is 0 Å². The summed E-state index contributed by atoms with van der Waals surface area (Å²) in [6, 6.07) is 11.6. The van der Waals surface area contributed by atoms with E-state index < -0.39 is 0 Å². The Kier molecular flexibility index (Phi) is 6.72. The van der Waals surface area contributed by atoms with Crippen LogP contribution in [0.3, 0.4) is 0 Å². The summed E-state index contributed by atoms with van der Waals surface area (Å²) >= 11 is 0. The molecular formula is C27H33N3O3. The van der Waals surface area contributed by atoms with Crippen molar-refractivity contribution in [1.82, 2.24) is 15.1 Å². The van der Waals surface area contributed by atoms with E-state index in [1.807, 2.05) is 55.1 Å². The maximum atomic E-state index is 13.3. The number of rotatable bonds is 9. The highest BCUT2D eigenvalue weighted by Crippen LogP contribution is 2.45. The zero-order valence-corrected chi connectivity index (χ0v) is 19.9. The van der Waals surface area contributed by atoms with Crippen molar-refractivity contribution in [3.8, 4) is 22.8 Å². The van der Waals surface area contributed by atoms with E-state index in [1.165, 1.54) is 0 Å². The molecule has 1 aliphatic rings. The number of aryl methyl sites for hydroxylation is 2. The molecule has 4 rings (SSSR count). The van der Waals surface area contributed by atoms with Crippen LogP contribution in [0.4, 0.5) is 0 Å². The van der Waals surface area contributed by atoms with Crippen molar-refractivity contribution in [3.05, 3.63) is 64.3 Å².